The van der Waals surface area contributed by atoms with Crippen molar-refractivity contribution in [2.45, 2.75) is 51.1 Å². The van der Waals surface area contributed by atoms with Crippen LogP contribution in [0.25, 0.3) is 0 Å². The van der Waals surface area contributed by atoms with Crippen molar-refractivity contribution < 1.29 is 4.42 Å². The molecule has 158 valence electrons. The van der Waals surface area contributed by atoms with Crippen molar-refractivity contribution in [3.63, 3.8) is 0 Å². The van der Waals surface area contributed by atoms with Crippen LogP contribution in [0, 0.1) is 5.92 Å². The van der Waals surface area contributed by atoms with E-state index in [0.29, 0.717) is 0 Å². The van der Waals surface area contributed by atoms with Gasteiger partial charge in [-0.3, -0.25) is 9.89 Å². The summed E-state index contributed by atoms with van der Waals surface area (Å²) in [6.45, 7) is 9.59. The Kier molecular flexibility index (Phi) is 8.47. The SMILES string of the molecule is CCNC(=NCC(c1ccco1)N1CCCC1)NCC1CCN(C2CC2)C1.I. The van der Waals surface area contributed by atoms with E-state index in [1.165, 1.54) is 45.2 Å². The van der Waals surface area contributed by atoms with E-state index in [0.717, 1.165) is 56.4 Å². The summed E-state index contributed by atoms with van der Waals surface area (Å²) < 4.78 is 5.72. The average molecular weight is 501 g/mol. The summed E-state index contributed by atoms with van der Waals surface area (Å²) in [5.74, 6) is 2.72. The molecule has 0 spiro atoms. The molecule has 3 aliphatic rings. The molecule has 1 aliphatic carbocycles. The quantitative estimate of drug-likeness (QED) is 0.326. The Labute approximate surface area is 186 Å². The zero-order valence-electron chi connectivity index (χ0n) is 17.1. The predicted molar refractivity (Wildman–Crippen MR) is 124 cm³/mol. The van der Waals surface area contributed by atoms with Crippen molar-refractivity contribution >= 4 is 29.9 Å². The molecule has 28 heavy (non-hydrogen) atoms. The van der Waals surface area contributed by atoms with Gasteiger partial charge in [-0.15, -0.1) is 24.0 Å². The van der Waals surface area contributed by atoms with E-state index < -0.39 is 0 Å². The molecule has 2 unspecified atom stereocenters. The van der Waals surface area contributed by atoms with Crippen molar-refractivity contribution in [2.24, 2.45) is 10.9 Å². The zero-order valence-corrected chi connectivity index (χ0v) is 19.4. The van der Waals surface area contributed by atoms with E-state index >= 15 is 0 Å². The van der Waals surface area contributed by atoms with Gasteiger partial charge in [-0.1, -0.05) is 0 Å². The van der Waals surface area contributed by atoms with Gasteiger partial charge in [-0.2, -0.15) is 0 Å². The number of hydrogen-bond acceptors (Lipinski definition) is 4. The molecule has 1 aromatic rings. The molecule has 2 N–H and O–H groups in total. The molecule has 4 rings (SSSR count). The third-order valence-electron chi connectivity index (χ3n) is 6.16. The number of nitrogens with one attached hydrogen (secondary N) is 2. The Balaban J connectivity index is 0.00000225. The first-order valence-electron chi connectivity index (χ1n) is 10.9. The minimum atomic E-state index is 0. The molecule has 2 saturated heterocycles. The van der Waals surface area contributed by atoms with Crippen LogP contribution in [-0.2, 0) is 0 Å². The molecule has 1 saturated carbocycles. The van der Waals surface area contributed by atoms with E-state index in [1.807, 2.05) is 6.07 Å². The first-order chi connectivity index (χ1) is 13.3. The highest BCUT2D eigenvalue weighted by Crippen LogP contribution is 2.31. The molecule has 3 fully saturated rings. The van der Waals surface area contributed by atoms with Crippen LogP contribution in [0.15, 0.2) is 27.8 Å². The van der Waals surface area contributed by atoms with Gasteiger partial charge in [0.15, 0.2) is 5.96 Å². The first kappa shape index (κ1) is 21.9. The van der Waals surface area contributed by atoms with Crippen LogP contribution in [0.1, 0.15) is 50.8 Å². The summed E-state index contributed by atoms with van der Waals surface area (Å²) in [6, 6.07) is 5.21. The fourth-order valence-corrected chi connectivity index (χ4v) is 4.48. The Morgan fingerprint density at radius 3 is 2.71 bits per heavy atom. The Morgan fingerprint density at radius 2 is 2.04 bits per heavy atom. The molecule has 3 heterocycles. The number of rotatable bonds is 8. The standard InChI is InChI=1S/C21H35N5O.HI/c1-2-22-21(23-14-17-9-12-26(16-17)18-7-8-18)24-15-19(20-6-5-13-27-20)25-10-3-4-11-25;/h5-6,13,17-19H,2-4,7-12,14-16H2,1H3,(H2,22,23,24);1H. The maximum Gasteiger partial charge on any atom is 0.191 e. The van der Waals surface area contributed by atoms with E-state index in [9.17, 15) is 0 Å². The minimum Gasteiger partial charge on any atom is -0.468 e. The molecular formula is C21H36IN5O. The lowest BCUT2D eigenvalue weighted by Crippen LogP contribution is -2.41. The third kappa shape index (κ3) is 5.86. The number of hydrogen-bond donors (Lipinski definition) is 2. The number of likely N-dealkylation sites (tertiary alicyclic amines) is 2. The highest BCUT2D eigenvalue weighted by atomic mass is 127. The van der Waals surface area contributed by atoms with Gasteiger partial charge in [-0.25, -0.2) is 0 Å². The van der Waals surface area contributed by atoms with Crippen LogP contribution in [-0.4, -0.2) is 67.6 Å². The van der Waals surface area contributed by atoms with Gasteiger partial charge in [0, 0.05) is 25.7 Å². The summed E-state index contributed by atoms with van der Waals surface area (Å²) >= 11 is 0. The molecular weight excluding hydrogens is 465 g/mol. The summed E-state index contributed by atoms with van der Waals surface area (Å²) in [4.78, 5) is 10.1. The average Bonchev–Trinajstić information content (AvgIpc) is 3.14. The molecule has 2 aliphatic heterocycles. The number of halogens is 1. The van der Waals surface area contributed by atoms with Crippen molar-refractivity contribution in [1.82, 2.24) is 20.4 Å². The lowest BCUT2D eigenvalue weighted by molar-refractivity contribution is 0.221. The molecule has 6 nitrogen and oxygen atoms in total. The smallest absolute Gasteiger partial charge is 0.191 e. The van der Waals surface area contributed by atoms with Crippen molar-refractivity contribution in [3.05, 3.63) is 24.2 Å². The van der Waals surface area contributed by atoms with Gasteiger partial charge in [0.05, 0.1) is 18.8 Å². The largest absolute Gasteiger partial charge is 0.468 e. The molecule has 0 bridgehead atoms. The fourth-order valence-electron chi connectivity index (χ4n) is 4.48. The summed E-state index contributed by atoms with van der Waals surface area (Å²) in [5, 5.41) is 7.02. The normalized spacial score (nSPS) is 24.9. The van der Waals surface area contributed by atoms with Gasteiger partial charge in [0.2, 0.25) is 0 Å². The maximum absolute atomic E-state index is 5.72. The lowest BCUT2D eigenvalue weighted by Gasteiger charge is -2.25. The highest BCUT2D eigenvalue weighted by Gasteiger charge is 2.34. The third-order valence-corrected chi connectivity index (χ3v) is 6.16. The van der Waals surface area contributed by atoms with E-state index in [2.05, 4.69) is 33.4 Å². The lowest BCUT2D eigenvalue weighted by atomic mass is 10.1. The van der Waals surface area contributed by atoms with Gasteiger partial charge < -0.3 is 20.0 Å². The van der Waals surface area contributed by atoms with Gasteiger partial charge in [-0.05, 0) is 76.7 Å². The van der Waals surface area contributed by atoms with E-state index in [1.54, 1.807) is 6.26 Å². The molecule has 0 aromatic carbocycles. The summed E-state index contributed by atoms with van der Waals surface area (Å²) in [7, 11) is 0. The second-order valence-electron chi connectivity index (χ2n) is 8.26. The van der Waals surface area contributed by atoms with Crippen molar-refractivity contribution in [1.29, 1.82) is 0 Å². The number of furan rings is 1. The van der Waals surface area contributed by atoms with E-state index in [-0.39, 0.29) is 30.0 Å². The van der Waals surface area contributed by atoms with Crippen LogP contribution in [0.4, 0.5) is 0 Å². The van der Waals surface area contributed by atoms with Gasteiger partial charge >= 0.3 is 0 Å². The predicted octanol–water partition coefficient (Wildman–Crippen LogP) is 3.07. The Morgan fingerprint density at radius 1 is 1.21 bits per heavy atom. The van der Waals surface area contributed by atoms with Crippen LogP contribution >= 0.6 is 24.0 Å². The summed E-state index contributed by atoms with van der Waals surface area (Å²) in [6.07, 6.45) is 8.46. The van der Waals surface area contributed by atoms with Gasteiger partial charge in [0.1, 0.15) is 5.76 Å². The van der Waals surface area contributed by atoms with Crippen LogP contribution in [0.2, 0.25) is 0 Å². The molecule has 0 radical (unpaired) electrons. The second kappa shape index (κ2) is 10.8. The van der Waals surface area contributed by atoms with Crippen LogP contribution in [0.3, 0.4) is 0 Å². The number of guanidine groups is 1. The Hall–Kier alpha value is -0.800. The number of nitrogens with zero attached hydrogens (tertiary/aromatic N) is 3. The van der Waals surface area contributed by atoms with E-state index in [4.69, 9.17) is 9.41 Å². The molecule has 7 heteroatoms. The second-order valence-corrected chi connectivity index (χ2v) is 8.26. The van der Waals surface area contributed by atoms with Crippen LogP contribution in [0.5, 0.6) is 0 Å². The minimum absolute atomic E-state index is 0. The molecule has 2 atom stereocenters. The first-order valence-corrected chi connectivity index (χ1v) is 10.9. The fraction of sp³-hybridized carbons (Fsp3) is 0.762. The monoisotopic (exact) mass is 501 g/mol. The van der Waals surface area contributed by atoms with Crippen molar-refractivity contribution in [3.8, 4) is 0 Å². The topological polar surface area (TPSA) is 56.0 Å². The van der Waals surface area contributed by atoms with Crippen molar-refractivity contribution in [2.75, 3.05) is 45.8 Å². The molecule has 0 amide bonds. The maximum atomic E-state index is 5.72. The number of aliphatic imine (C=N–C) groups is 1. The zero-order chi connectivity index (χ0) is 18.5. The summed E-state index contributed by atoms with van der Waals surface area (Å²) in [5.41, 5.74) is 0. The highest BCUT2D eigenvalue weighted by molar-refractivity contribution is 14.0. The molecule has 1 aromatic heterocycles. The Bertz CT molecular complexity index is 598. The van der Waals surface area contributed by atoms with Gasteiger partial charge in [0.25, 0.3) is 0 Å². The van der Waals surface area contributed by atoms with Crippen LogP contribution < -0.4 is 10.6 Å².